The molecule has 128 valence electrons. The highest BCUT2D eigenvalue weighted by molar-refractivity contribution is 5.83. The molecule has 0 saturated heterocycles. The number of aromatic nitrogens is 2. The normalized spacial score (nSPS) is 12.5. The van der Waals surface area contributed by atoms with Gasteiger partial charge in [0.05, 0.1) is 5.69 Å². The Kier molecular flexibility index (Phi) is 5.39. The summed E-state index contributed by atoms with van der Waals surface area (Å²) in [5.41, 5.74) is 1.28. The monoisotopic (exact) mass is 328 g/mol. The molecule has 24 heavy (non-hydrogen) atoms. The molecule has 0 aliphatic carbocycles. The second kappa shape index (κ2) is 7.29. The Morgan fingerprint density at radius 1 is 1.33 bits per heavy atom. The first kappa shape index (κ1) is 17.7. The SMILES string of the molecule is C[C@@H](CC(=N)n1cnc(-c2ccccc2)c1)NC(=O)OC(C)(C)C. The van der Waals surface area contributed by atoms with Gasteiger partial charge in [-0.1, -0.05) is 30.3 Å². The van der Waals surface area contributed by atoms with Crippen LogP contribution in [-0.2, 0) is 4.74 Å². The Balaban J connectivity index is 1.93. The summed E-state index contributed by atoms with van der Waals surface area (Å²) in [6.07, 6.45) is 3.34. The number of amides is 1. The van der Waals surface area contributed by atoms with Crippen molar-refractivity contribution in [3.63, 3.8) is 0 Å². The zero-order valence-corrected chi connectivity index (χ0v) is 14.5. The zero-order valence-electron chi connectivity index (χ0n) is 14.5. The number of benzene rings is 1. The molecule has 1 heterocycles. The van der Waals surface area contributed by atoms with Crippen LogP contribution in [0.3, 0.4) is 0 Å². The van der Waals surface area contributed by atoms with Gasteiger partial charge >= 0.3 is 6.09 Å². The molecule has 6 heteroatoms. The van der Waals surface area contributed by atoms with Crippen LogP contribution in [-0.4, -0.2) is 33.1 Å². The molecule has 2 N–H and O–H groups in total. The smallest absolute Gasteiger partial charge is 0.407 e. The van der Waals surface area contributed by atoms with Crippen LogP contribution in [0.1, 0.15) is 34.1 Å². The predicted molar refractivity (Wildman–Crippen MR) is 94.2 cm³/mol. The third-order valence-electron chi connectivity index (χ3n) is 3.23. The summed E-state index contributed by atoms with van der Waals surface area (Å²) in [7, 11) is 0. The molecule has 1 atom stereocenters. The maximum Gasteiger partial charge on any atom is 0.407 e. The maximum atomic E-state index is 11.8. The number of alkyl carbamates (subject to hydrolysis) is 1. The van der Waals surface area contributed by atoms with Crippen molar-refractivity contribution in [1.29, 1.82) is 5.41 Å². The summed E-state index contributed by atoms with van der Waals surface area (Å²) in [6.45, 7) is 7.29. The fraction of sp³-hybridized carbons (Fsp3) is 0.389. The van der Waals surface area contributed by atoms with Crippen LogP contribution in [0.25, 0.3) is 11.3 Å². The van der Waals surface area contributed by atoms with Crippen molar-refractivity contribution in [2.45, 2.75) is 45.8 Å². The van der Waals surface area contributed by atoms with Crippen molar-refractivity contribution >= 4 is 11.9 Å². The van der Waals surface area contributed by atoms with Crippen LogP contribution >= 0.6 is 0 Å². The molecule has 6 nitrogen and oxygen atoms in total. The van der Waals surface area contributed by atoms with E-state index in [1.54, 1.807) is 10.9 Å². The summed E-state index contributed by atoms with van der Waals surface area (Å²) in [5.74, 6) is 0.355. The Hall–Kier alpha value is -2.63. The van der Waals surface area contributed by atoms with Crippen molar-refractivity contribution in [1.82, 2.24) is 14.9 Å². The lowest BCUT2D eigenvalue weighted by molar-refractivity contribution is 0.0510. The number of nitrogens with one attached hydrogen (secondary N) is 2. The molecular formula is C18H24N4O2. The first-order valence-electron chi connectivity index (χ1n) is 7.91. The van der Waals surface area contributed by atoms with Crippen molar-refractivity contribution in [3.8, 4) is 11.3 Å². The standard InChI is InChI=1S/C18H24N4O2/c1-13(21-17(23)24-18(2,3)4)10-16(19)22-11-15(20-12-22)14-8-6-5-7-9-14/h5-9,11-13,19H,10H2,1-4H3,(H,21,23)/t13-/m0/s1. The molecule has 1 aromatic heterocycles. The van der Waals surface area contributed by atoms with E-state index in [1.165, 1.54) is 0 Å². The van der Waals surface area contributed by atoms with Crippen molar-refractivity contribution in [2.75, 3.05) is 0 Å². The number of ether oxygens (including phenoxy) is 1. The second-order valence-electron chi connectivity index (χ2n) is 6.73. The van der Waals surface area contributed by atoms with Gasteiger partial charge in [0.2, 0.25) is 0 Å². The quantitative estimate of drug-likeness (QED) is 0.663. The fourth-order valence-electron chi connectivity index (χ4n) is 2.18. The van der Waals surface area contributed by atoms with Gasteiger partial charge in [0.1, 0.15) is 17.8 Å². The lowest BCUT2D eigenvalue weighted by Gasteiger charge is -2.22. The van der Waals surface area contributed by atoms with E-state index < -0.39 is 11.7 Å². The highest BCUT2D eigenvalue weighted by atomic mass is 16.6. The summed E-state index contributed by atoms with van der Waals surface area (Å²) < 4.78 is 6.88. The number of imidazole rings is 1. The van der Waals surface area contributed by atoms with Crippen LogP contribution in [0, 0.1) is 5.41 Å². The van der Waals surface area contributed by atoms with Crippen LogP contribution in [0.5, 0.6) is 0 Å². The Morgan fingerprint density at radius 2 is 2.00 bits per heavy atom. The van der Waals surface area contributed by atoms with Crippen molar-refractivity contribution in [3.05, 3.63) is 42.9 Å². The fourth-order valence-corrected chi connectivity index (χ4v) is 2.18. The average molecular weight is 328 g/mol. The number of carbonyl (C=O) groups is 1. The molecule has 0 saturated carbocycles. The summed E-state index contributed by atoms with van der Waals surface area (Å²) in [4.78, 5) is 16.1. The molecule has 0 spiro atoms. The molecule has 2 aromatic rings. The van der Waals surface area contributed by atoms with Crippen LogP contribution < -0.4 is 5.32 Å². The third kappa shape index (κ3) is 5.22. The highest BCUT2D eigenvalue weighted by Gasteiger charge is 2.18. The lowest BCUT2D eigenvalue weighted by atomic mass is 10.2. The summed E-state index contributed by atoms with van der Waals surface area (Å²) in [6, 6.07) is 9.59. The molecule has 0 unspecified atom stereocenters. The minimum Gasteiger partial charge on any atom is -0.444 e. The van der Waals surface area contributed by atoms with Crippen LogP contribution in [0.2, 0.25) is 0 Å². The van der Waals surface area contributed by atoms with E-state index in [0.717, 1.165) is 11.3 Å². The molecule has 0 aliphatic rings. The van der Waals surface area contributed by atoms with Gasteiger partial charge in [-0.2, -0.15) is 0 Å². The molecule has 1 aromatic carbocycles. The van der Waals surface area contributed by atoms with Gasteiger partial charge in [0, 0.05) is 24.2 Å². The molecule has 0 fully saturated rings. The zero-order chi connectivity index (χ0) is 17.7. The second-order valence-corrected chi connectivity index (χ2v) is 6.73. The largest absolute Gasteiger partial charge is 0.444 e. The predicted octanol–water partition coefficient (Wildman–Crippen LogP) is 3.68. The van der Waals surface area contributed by atoms with Crippen LogP contribution in [0.15, 0.2) is 42.9 Å². The molecule has 0 bridgehead atoms. The van der Waals surface area contributed by atoms with Gasteiger partial charge in [0.25, 0.3) is 0 Å². The first-order valence-corrected chi connectivity index (χ1v) is 7.91. The van der Waals surface area contributed by atoms with Gasteiger partial charge in [-0.3, -0.25) is 9.98 Å². The molecule has 1 amide bonds. The molecular weight excluding hydrogens is 304 g/mol. The highest BCUT2D eigenvalue weighted by Crippen LogP contribution is 2.16. The van der Waals surface area contributed by atoms with E-state index in [-0.39, 0.29) is 6.04 Å². The van der Waals surface area contributed by atoms with E-state index in [1.807, 2.05) is 64.2 Å². The van der Waals surface area contributed by atoms with Gasteiger partial charge in [-0.15, -0.1) is 0 Å². The van der Waals surface area contributed by atoms with Crippen molar-refractivity contribution in [2.24, 2.45) is 0 Å². The van der Waals surface area contributed by atoms with Crippen LogP contribution in [0.4, 0.5) is 4.79 Å². The Labute approximate surface area is 142 Å². The molecule has 0 aliphatic heterocycles. The average Bonchev–Trinajstić information content (AvgIpc) is 2.95. The summed E-state index contributed by atoms with van der Waals surface area (Å²) in [5, 5.41) is 10.9. The minimum atomic E-state index is -0.535. The van der Waals surface area contributed by atoms with E-state index in [2.05, 4.69) is 10.3 Å². The minimum absolute atomic E-state index is 0.213. The molecule has 2 rings (SSSR count). The van der Waals surface area contributed by atoms with E-state index in [4.69, 9.17) is 10.1 Å². The number of carbonyl (C=O) groups excluding carboxylic acids is 1. The van der Waals surface area contributed by atoms with E-state index in [0.29, 0.717) is 12.3 Å². The number of rotatable bonds is 4. The maximum absolute atomic E-state index is 11.8. The lowest BCUT2D eigenvalue weighted by Crippen LogP contribution is -2.39. The topological polar surface area (TPSA) is 80.0 Å². The Bertz CT molecular complexity index is 701. The van der Waals surface area contributed by atoms with Gasteiger partial charge in [-0.05, 0) is 27.7 Å². The van der Waals surface area contributed by atoms with Gasteiger partial charge < -0.3 is 10.1 Å². The van der Waals surface area contributed by atoms with E-state index >= 15 is 0 Å². The van der Waals surface area contributed by atoms with E-state index in [9.17, 15) is 4.79 Å². The number of nitrogens with zero attached hydrogens (tertiary/aromatic N) is 2. The molecule has 0 radical (unpaired) electrons. The first-order chi connectivity index (χ1) is 11.2. The van der Waals surface area contributed by atoms with Gasteiger partial charge in [0.15, 0.2) is 0 Å². The van der Waals surface area contributed by atoms with Crippen molar-refractivity contribution < 1.29 is 9.53 Å². The number of hydrogen-bond donors (Lipinski definition) is 2. The Morgan fingerprint density at radius 3 is 2.62 bits per heavy atom. The summed E-state index contributed by atoms with van der Waals surface area (Å²) >= 11 is 0. The number of hydrogen-bond acceptors (Lipinski definition) is 4. The van der Waals surface area contributed by atoms with Gasteiger partial charge in [-0.25, -0.2) is 9.78 Å². The third-order valence-corrected chi connectivity index (χ3v) is 3.23.